The van der Waals surface area contributed by atoms with E-state index in [0.717, 1.165) is 49.8 Å². The van der Waals surface area contributed by atoms with Crippen LogP contribution in [0.25, 0.3) is 99.6 Å². The first-order valence-corrected chi connectivity index (χ1v) is 23.1. The highest BCUT2D eigenvalue weighted by molar-refractivity contribution is 6.05. The zero-order chi connectivity index (χ0) is 44.3. The number of rotatable bonds is 7. The Morgan fingerprint density at radius 1 is 0.254 bits per heavy atom. The van der Waals surface area contributed by atoms with Gasteiger partial charge in [0.15, 0.2) is 5.82 Å². The van der Waals surface area contributed by atoms with E-state index in [-0.39, 0.29) is 0 Å². The normalized spacial score (nSPS) is 12.6. The van der Waals surface area contributed by atoms with Gasteiger partial charge in [-0.3, -0.25) is 0 Å². The van der Waals surface area contributed by atoms with Gasteiger partial charge in [0, 0.05) is 16.7 Å². The molecular weight excluding hydrogens is 809 g/mol. The van der Waals surface area contributed by atoms with Crippen LogP contribution < -0.4 is 0 Å². The molecule has 0 aliphatic heterocycles. The average molecular weight is 851 g/mol. The van der Waals surface area contributed by atoms with Gasteiger partial charge in [0.1, 0.15) is 0 Å². The summed E-state index contributed by atoms with van der Waals surface area (Å²) >= 11 is 0. The molecule has 2 heteroatoms. The topological polar surface area (TPSA) is 25.8 Å². The van der Waals surface area contributed by atoms with Gasteiger partial charge in [-0.1, -0.05) is 231 Å². The van der Waals surface area contributed by atoms with Gasteiger partial charge in [-0.25, -0.2) is 9.97 Å². The molecule has 67 heavy (non-hydrogen) atoms. The quantitative estimate of drug-likeness (QED) is 0.160. The molecule has 0 atom stereocenters. The zero-order valence-electron chi connectivity index (χ0n) is 36.6. The highest BCUT2D eigenvalue weighted by atomic mass is 14.9. The number of hydrogen-bond donors (Lipinski definition) is 0. The fourth-order valence-electron chi connectivity index (χ4n) is 10.9. The van der Waals surface area contributed by atoms with Crippen molar-refractivity contribution in [2.45, 2.75) is 5.41 Å². The molecule has 0 radical (unpaired) electrons. The molecule has 1 heterocycles. The summed E-state index contributed by atoms with van der Waals surface area (Å²) in [6.45, 7) is 0. The Morgan fingerprint density at radius 3 is 1.60 bits per heavy atom. The van der Waals surface area contributed by atoms with Gasteiger partial charge in [-0.05, 0) is 112 Å². The fourth-order valence-corrected chi connectivity index (χ4v) is 10.9. The van der Waals surface area contributed by atoms with Crippen molar-refractivity contribution in [2.75, 3.05) is 0 Å². The number of nitrogens with zero attached hydrogens (tertiary/aromatic N) is 2. The van der Waals surface area contributed by atoms with Crippen molar-refractivity contribution in [1.82, 2.24) is 9.97 Å². The second kappa shape index (κ2) is 15.8. The highest BCUT2D eigenvalue weighted by Crippen LogP contribution is 2.56. The molecule has 11 aromatic carbocycles. The lowest BCUT2D eigenvalue weighted by Gasteiger charge is -2.34. The predicted molar refractivity (Wildman–Crippen MR) is 279 cm³/mol. The fraction of sp³-hybridized carbons (Fsp3) is 0.0154. The third-order valence-electron chi connectivity index (χ3n) is 14.0. The Bertz CT molecular complexity index is 3830. The minimum absolute atomic E-state index is 0.462. The lowest BCUT2D eigenvalue weighted by atomic mass is 9.67. The summed E-state index contributed by atoms with van der Waals surface area (Å²) in [5.74, 6) is 0.708. The molecule has 12 aromatic rings. The van der Waals surface area contributed by atoms with E-state index < -0.39 is 5.41 Å². The van der Waals surface area contributed by atoms with Crippen molar-refractivity contribution in [1.29, 1.82) is 0 Å². The van der Waals surface area contributed by atoms with Gasteiger partial charge in [-0.15, -0.1) is 0 Å². The van der Waals surface area contributed by atoms with Gasteiger partial charge >= 0.3 is 0 Å². The van der Waals surface area contributed by atoms with Gasteiger partial charge in [0.2, 0.25) is 0 Å². The van der Waals surface area contributed by atoms with Crippen LogP contribution in [0.15, 0.2) is 255 Å². The molecule has 0 bridgehead atoms. The lowest BCUT2D eigenvalue weighted by molar-refractivity contribution is 0.769. The molecule has 13 rings (SSSR count). The Balaban J connectivity index is 0.954. The summed E-state index contributed by atoms with van der Waals surface area (Å²) in [5.41, 5.74) is 16.9. The van der Waals surface area contributed by atoms with Crippen LogP contribution in [0.3, 0.4) is 0 Å². The van der Waals surface area contributed by atoms with Crippen LogP contribution >= 0.6 is 0 Å². The number of aromatic nitrogens is 2. The summed E-state index contributed by atoms with van der Waals surface area (Å²) < 4.78 is 0. The molecule has 1 aliphatic rings. The van der Waals surface area contributed by atoms with E-state index in [1.165, 1.54) is 66.2 Å². The Hall–Kier alpha value is -8.72. The standard InChI is InChI=1S/C65H42N2/c1-3-23-50(24-4-1)65(51-25-5-2-6-26-51)60-32-14-13-30-56(60)57-36-35-47(41-61(57)65)46-21-15-22-48(39-46)53-37-38-58(55-29-12-11-28-54(53)55)63-42-62(49-34-33-43-17-7-8-19-45(43)40-49)66-64(67-63)59-31-16-20-44-18-9-10-27-52(44)59/h1-42H. The predicted octanol–water partition coefficient (Wildman–Crippen LogP) is 16.6. The van der Waals surface area contributed by atoms with E-state index in [1.807, 2.05) is 0 Å². The lowest BCUT2D eigenvalue weighted by Crippen LogP contribution is -2.28. The summed E-state index contributed by atoms with van der Waals surface area (Å²) in [6.07, 6.45) is 0. The molecule has 0 saturated carbocycles. The molecule has 0 spiro atoms. The van der Waals surface area contributed by atoms with Crippen LogP contribution in [-0.2, 0) is 5.41 Å². The van der Waals surface area contributed by atoms with Gasteiger partial charge in [-0.2, -0.15) is 0 Å². The van der Waals surface area contributed by atoms with Crippen LogP contribution in [0.4, 0.5) is 0 Å². The van der Waals surface area contributed by atoms with Crippen molar-refractivity contribution < 1.29 is 0 Å². The second-order valence-electron chi connectivity index (χ2n) is 17.6. The molecule has 1 aromatic heterocycles. The van der Waals surface area contributed by atoms with Crippen LogP contribution in [0.2, 0.25) is 0 Å². The van der Waals surface area contributed by atoms with Crippen molar-refractivity contribution >= 4 is 32.3 Å². The summed E-state index contributed by atoms with van der Waals surface area (Å²) in [6, 6.07) is 92.6. The van der Waals surface area contributed by atoms with E-state index in [9.17, 15) is 0 Å². The van der Waals surface area contributed by atoms with E-state index in [4.69, 9.17) is 9.97 Å². The molecule has 0 N–H and O–H groups in total. The minimum Gasteiger partial charge on any atom is -0.228 e. The smallest absolute Gasteiger partial charge is 0.161 e. The first-order chi connectivity index (χ1) is 33.2. The van der Waals surface area contributed by atoms with Crippen molar-refractivity contribution in [2.24, 2.45) is 0 Å². The SMILES string of the molecule is c1ccc(C2(c3ccccc3)c3ccccc3-c3ccc(-c4cccc(-c5ccc(-c6cc(-c7ccc8ccccc8c7)nc(-c7cccc8ccccc78)n6)c6ccccc56)c4)cc32)cc1. The van der Waals surface area contributed by atoms with E-state index in [2.05, 4.69) is 255 Å². The third kappa shape index (κ3) is 6.33. The maximum absolute atomic E-state index is 5.41. The minimum atomic E-state index is -0.462. The Labute approximate surface area is 390 Å². The van der Waals surface area contributed by atoms with Crippen LogP contribution in [0, 0.1) is 0 Å². The largest absolute Gasteiger partial charge is 0.228 e. The molecule has 0 amide bonds. The highest BCUT2D eigenvalue weighted by Gasteiger charge is 2.46. The van der Waals surface area contributed by atoms with Crippen LogP contribution in [0.1, 0.15) is 22.3 Å². The molecule has 2 nitrogen and oxygen atoms in total. The number of hydrogen-bond acceptors (Lipinski definition) is 2. The van der Waals surface area contributed by atoms with Gasteiger partial charge in [0.05, 0.1) is 16.8 Å². The van der Waals surface area contributed by atoms with E-state index >= 15 is 0 Å². The maximum Gasteiger partial charge on any atom is 0.161 e. The molecule has 0 saturated heterocycles. The summed E-state index contributed by atoms with van der Waals surface area (Å²) in [4.78, 5) is 10.7. The second-order valence-corrected chi connectivity index (χ2v) is 17.6. The summed E-state index contributed by atoms with van der Waals surface area (Å²) in [5, 5.41) is 6.99. The molecule has 1 aliphatic carbocycles. The van der Waals surface area contributed by atoms with Gasteiger partial charge in [0.25, 0.3) is 0 Å². The first kappa shape index (κ1) is 38.7. The molecular formula is C65H42N2. The zero-order valence-corrected chi connectivity index (χ0v) is 36.6. The van der Waals surface area contributed by atoms with Gasteiger partial charge < -0.3 is 0 Å². The monoisotopic (exact) mass is 850 g/mol. The Kier molecular flexibility index (Phi) is 9.11. The van der Waals surface area contributed by atoms with Crippen molar-refractivity contribution in [3.05, 3.63) is 277 Å². The van der Waals surface area contributed by atoms with Crippen molar-refractivity contribution in [3.8, 4) is 67.3 Å². The van der Waals surface area contributed by atoms with Crippen molar-refractivity contribution in [3.63, 3.8) is 0 Å². The van der Waals surface area contributed by atoms with E-state index in [1.54, 1.807) is 0 Å². The Morgan fingerprint density at radius 2 is 0.791 bits per heavy atom. The van der Waals surface area contributed by atoms with Crippen LogP contribution in [-0.4, -0.2) is 9.97 Å². The summed E-state index contributed by atoms with van der Waals surface area (Å²) in [7, 11) is 0. The third-order valence-corrected chi connectivity index (χ3v) is 14.0. The van der Waals surface area contributed by atoms with E-state index in [0.29, 0.717) is 5.82 Å². The number of fused-ring (bicyclic) bond motifs is 6. The molecule has 312 valence electrons. The first-order valence-electron chi connectivity index (χ1n) is 23.1. The molecule has 0 fully saturated rings. The average Bonchev–Trinajstić information content (AvgIpc) is 3.71. The maximum atomic E-state index is 5.41. The molecule has 0 unspecified atom stereocenters. The van der Waals surface area contributed by atoms with Crippen LogP contribution in [0.5, 0.6) is 0 Å². The number of benzene rings is 11.